The number of benzene rings is 1. The average molecular weight is 360 g/mol. The van der Waals surface area contributed by atoms with Crippen molar-refractivity contribution in [3.8, 4) is 11.6 Å². The van der Waals surface area contributed by atoms with Crippen molar-refractivity contribution in [2.75, 3.05) is 5.32 Å². The average Bonchev–Trinajstić information content (AvgIpc) is 3.07. The van der Waals surface area contributed by atoms with Crippen molar-refractivity contribution in [1.82, 2.24) is 24.6 Å². The molecule has 0 radical (unpaired) electrons. The molecule has 4 rings (SSSR count). The highest BCUT2D eigenvalue weighted by atomic mass is 16.5. The summed E-state index contributed by atoms with van der Waals surface area (Å²) in [6.45, 7) is 3.75. The van der Waals surface area contributed by atoms with Crippen molar-refractivity contribution < 1.29 is 9.53 Å². The molecule has 0 bridgehead atoms. The molecule has 1 aromatic carbocycles. The molecule has 3 aromatic heterocycles. The highest BCUT2D eigenvalue weighted by molar-refractivity contribution is 6.01. The summed E-state index contributed by atoms with van der Waals surface area (Å²) >= 11 is 0. The highest BCUT2D eigenvalue weighted by Gasteiger charge is 2.15. The number of nitrogens with one attached hydrogen (secondary N) is 1. The number of hydrogen-bond acceptors (Lipinski definition) is 6. The number of carbonyl (C=O) groups is 1. The van der Waals surface area contributed by atoms with Crippen molar-refractivity contribution in [2.24, 2.45) is 0 Å². The molecule has 1 amide bonds. The maximum atomic E-state index is 12.5. The van der Waals surface area contributed by atoms with Crippen LogP contribution >= 0.6 is 0 Å². The first-order valence-corrected chi connectivity index (χ1v) is 8.30. The fourth-order valence-electron chi connectivity index (χ4n) is 2.60. The summed E-state index contributed by atoms with van der Waals surface area (Å²) in [6.07, 6.45) is 1.56. The van der Waals surface area contributed by atoms with Crippen LogP contribution in [0.2, 0.25) is 0 Å². The Hall–Kier alpha value is -3.81. The minimum atomic E-state index is -0.436. The van der Waals surface area contributed by atoms with Gasteiger partial charge in [-0.15, -0.1) is 5.10 Å². The number of aromatic nitrogens is 5. The predicted molar refractivity (Wildman–Crippen MR) is 99.0 cm³/mol. The van der Waals surface area contributed by atoms with Crippen LogP contribution < -0.4 is 10.1 Å². The van der Waals surface area contributed by atoms with Gasteiger partial charge in [0.2, 0.25) is 11.7 Å². The van der Waals surface area contributed by atoms with E-state index in [1.165, 1.54) is 0 Å². The van der Waals surface area contributed by atoms with E-state index < -0.39 is 5.91 Å². The minimum absolute atomic E-state index is 0.0403. The Bertz CT molecular complexity index is 1120. The van der Waals surface area contributed by atoms with Crippen molar-refractivity contribution >= 4 is 17.4 Å². The molecule has 0 fully saturated rings. The molecule has 0 saturated carbocycles. The van der Waals surface area contributed by atoms with Crippen molar-refractivity contribution in [3.63, 3.8) is 0 Å². The van der Waals surface area contributed by atoms with E-state index in [0.29, 0.717) is 23.1 Å². The van der Waals surface area contributed by atoms with E-state index >= 15 is 0 Å². The van der Waals surface area contributed by atoms with Crippen LogP contribution in [0.15, 0.2) is 54.7 Å². The van der Waals surface area contributed by atoms with Crippen LogP contribution in [0, 0.1) is 13.8 Å². The molecule has 0 aliphatic rings. The van der Waals surface area contributed by atoms with E-state index in [9.17, 15) is 4.79 Å². The molecule has 3 heterocycles. The van der Waals surface area contributed by atoms with Crippen molar-refractivity contribution in [3.05, 3.63) is 71.9 Å². The number of aryl methyl sites for hydroxylation is 2. The van der Waals surface area contributed by atoms with E-state index in [1.54, 1.807) is 22.8 Å². The Labute approximate surface area is 154 Å². The Balaban J connectivity index is 1.54. The number of carbonyl (C=O) groups excluding carboxylic acids is 1. The lowest BCUT2D eigenvalue weighted by atomic mass is 10.3. The molecule has 1 N–H and O–H groups in total. The number of ether oxygens (including phenoxy) is 1. The number of anilines is 1. The third-order valence-corrected chi connectivity index (χ3v) is 3.78. The second kappa shape index (κ2) is 6.83. The zero-order valence-corrected chi connectivity index (χ0v) is 14.7. The van der Waals surface area contributed by atoms with E-state index in [-0.39, 0.29) is 5.82 Å². The second-order valence-electron chi connectivity index (χ2n) is 5.94. The van der Waals surface area contributed by atoms with E-state index in [4.69, 9.17) is 4.74 Å². The third-order valence-electron chi connectivity index (χ3n) is 3.78. The molecule has 4 aromatic rings. The molecule has 0 aliphatic carbocycles. The second-order valence-corrected chi connectivity index (χ2v) is 5.94. The lowest BCUT2D eigenvalue weighted by Gasteiger charge is -2.06. The summed E-state index contributed by atoms with van der Waals surface area (Å²) in [5, 5.41) is 6.98. The van der Waals surface area contributed by atoms with Crippen LogP contribution in [0.4, 0.5) is 5.69 Å². The number of hydrogen-bond donors (Lipinski definition) is 1. The summed E-state index contributed by atoms with van der Waals surface area (Å²) in [5.74, 6) is 1.02. The van der Waals surface area contributed by atoms with Gasteiger partial charge in [0.05, 0.1) is 0 Å². The SMILES string of the molecule is Cc1cc(C)n2nc(C(=O)Nc3ccnc(Oc4ccccc4)c3)nc2n1. The van der Waals surface area contributed by atoms with Crippen LogP contribution in [0.25, 0.3) is 5.78 Å². The zero-order chi connectivity index (χ0) is 18.8. The summed E-state index contributed by atoms with van der Waals surface area (Å²) in [5.41, 5.74) is 2.20. The van der Waals surface area contributed by atoms with Gasteiger partial charge < -0.3 is 10.1 Å². The smallest absolute Gasteiger partial charge is 0.295 e. The Morgan fingerprint density at radius 1 is 1.07 bits per heavy atom. The summed E-state index contributed by atoms with van der Waals surface area (Å²) < 4.78 is 7.22. The van der Waals surface area contributed by atoms with Gasteiger partial charge in [0.1, 0.15) is 5.75 Å². The van der Waals surface area contributed by atoms with E-state index in [0.717, 1.165) is 11.4 Å². The van der Waals surface area contributed by atoms with Gasteiger partial charge in [-0.1, -0.05) is 18.2 Å². The van der Waals surface area contributed by atoms with Gasteiger partial charge in [-0.25, -0.2) is 14.5 Å². The van der Waals surface area contributed by atoms with Gasteiger partial charge in [-0.05, 0) is 38.1 Å². The van der Waals surface area contributed by atoms with Crippen LogP contribution in [-0.4, -0.2) is 30.5 Å². The third kappa shape index (κ3) is 3.59. The van der Waals surface area contributed by atoms with E-state index in [2.05, 4.69) is 25.4 Å². The molecule has 8 nitrogen and oxygen atoms in total. The van der Waals surface area contributed by atoms with Crippen LogP contribution in [-0.2, 0) is 0 Å². The maximum Gasteiger partial charge on any atom is 0.295 e. The van der Waals surface area contributed by atoms with Gasteiger partial charge in [0, 0.05) is 29.3 Å². The fraction of sp³-hybridized carbons (Fsp3) is 0.105. The molecule has 8 heteroatoms. The summed E-state index contributed by atoms with van der Waals surface area (Å²) in [7, 11) is 0. The standard InChI is InChI=1S/C19H16N6O2/c1-12-10-13(2)25-19(21-12)23-17(24-25)18(26)22-14-8-9-20-16(11-14)27-15-6-4-3-5-7-15/h3-11H,1-2H3,(H,20,22,26). The summed E-state index contributed by atoms with van der Waals surface area (Å²) in [6, 6.07) is 14.5. The predicted octanol–water partition coefficient (Wildman–Crippen LogP) is 3.18. The van der Waals surface area contributed by atoms with Crippen LogP contribution in [0.3, 0.4) is 0 Å². The topological polar surface area (TPSA) is 94.3 Å². The Morgan fingerprint density at radius 3 is 2.70 bits per heavy atom. The number of amides is 1. The minimum Gasteiger partial charge on any atom is -0.439 e. The van der Waals surface area contributed by atoms with Crippen LogP contribution in [0.5, 0.6) is 11.6 Å². The largest absolute Gasteiger partial charge is 0.439 e. The molecule has 0 unspecified atom stereocenters. The monoisotopic (exact) mass is 360 g/mol. The van der Waals surface area contributed by atoms with E-state index in [1.807, 2.05) is 50.2 Å². The quantitative estimate of drug-likeness (QED) is 0.601. The molecular formula is C19H16N6O2. The first-order valence-electron chi connectivity index (χ1n) is 8.30. The molecule has 0 saturated heterocycles. The summed E-state index contributed by atoms with van der Waals surface area (Å²) in [4.78, 5) is 25.2. The number of fused-ring (bicyclic) bond motifs is 1. The number of pyridine rings is 1. The Morgan fingerprint density at radius 2 is 1.89 bits per heavy atom. The zero-order valence-electron chi connectivity index (χ0n) is 14.7. The molecule has 27 heavy (non-hydrogen) atoms. The molecule has 0 spiro atoms. The van der Waals surface area contributed by atoms with Gasteiger partial charge >= 0.3 is 0 Å². The van der Waals surface area contributed by atoms with Crippen LogP contribution in [0.1, 0.15) is 22.0 Å². The highest BCUT2D eigenvalue weighted by Crippen LogP contribution is 2.21. The number of para-hydroxylation sites is 1. The fourth-order valence-corrected chi connectivity index (χ4v) is 2.60. The van der Waals surface area contributed by atoms with Crippen molar-refractivity contribution in [2.45, 2.75) is 13.8 Å². The molecular weight excluding hydrogens is 344 g/mol. The number of nitrogens with zero attached hydrogens (tertiary/aromatic N) is 5. The maximum absolute atomic E-state index is 12.5. The lowest BCUT2D eigenvalue weighted by molar-refractivity contribution is 0.101. The molecule has 0 atom stereocenters. The molecule has 134 valence electrons. The first kappa shape index (κ1) is 16.6. The lowest BCUT2D eigenvalue weighted by Crippen LogP contribution is -2.14. The Kier molecular flexibility index (Phi) is 4.21. The normalized spacial score (nSPS) is 10.7. The van der Waals surface area contributed by atoms with Gasteiger partial charge in [0.15, 0.2) is 0 Å². The van der Waals surface area contributed by atoms with Gasteiger partial charge in [0.25, 0.3) is 11.7 Å². The number of rotatable bonds is 4. The van der Waals surface area contributed by atoms with Crippen molar-refractivity contribution in [1.29, 1.82) is 0 Å². The van der Waals surface area contributed by atoms with Gasteiger partial charge in [-0.3, -0.25) is 4.79 Å². The van der Waals surface area contributed by atoms with Gasteiger partial charge in [-0.2, -0.15) is 4.98 Å². The molecule has 0 aliphatic heterocycles. The first-order chi connectivity index (χ1) is 13.1.